The summed E-state index contributed by atoms with van der Waals surface area (Å²) in [5, 5.41) is 0.625. The minimum atomic E-state index is 0.0218. The van der Waals surface area contributed by atoms with E-state index in [-0.39, 0.29) is 11.7 Å². The van der Waals surface area contributed by atoms with E-state index in [1.165, 1.54) is 6.42 Å². The molecule has 5 nitrogen and oxygen atoms in total. The van der Waals surface area contributed by atoms with Gasteiger partial charge in [0.2, 0.25) is 0 Å². The Hall–Kier alpha value is -2.66. The molecule has 0 spiro atoms. The molecule has 0 bridgehead atoms. The lowest BCUT2D eigenvalue weighted by atomic mass is 9.96. The molecule has 1 fully saturated rings. The van der Waals surface area contributed by atoms with Crippen LogP contribution in [0.2, 0.25) is 0 Å². The maximum Gasteiger partial charge on any atom is 0.261 e. The summed E-state index contributed by atoms with van der Waals surface area (Å²) in [6.07, 6.45) is 2.36. The largest absolute Gasteiger partial charge is 0.491 e. The smallest absolute Gasteiger partial charge is 0.261 e. The van der Waals surface area contributed by atoms with E-state index in [1.54, 1.807) is 0 Å². The summed E-state index contributed by atoms with van der Waals surface area (Å²) in [6, 6.07) is 12.5. The number of aryl methyl sites for hydroxylation is 2. The highest BCUT2D eigenvalue weighted by atomic mass is 16.5. The molecule has 0 unspecified atom stereocenters. The minimum absolute atomic E-state index is 0.0218. The van der Waals surface area contributed by atoms with E-state index in [0.29, 0.717) is 29.6 Å². The summed E-state index contributed by atoms with van der Waals surface area (Å²) in [5.41, 5.74) is 4.09. The molecule has 3 aromatic rings. The number of hydrogen-bond donors (Lipinski definition) is 0. The van der Waals surface area contributed by atoms with Gasteiger partial charge in [-0.1, -0.05) is 18.2 Å². The van der Waals surface area contributed by atoms with Gasteiger partial charge in [0.05, 0.1) is 17.0 Å². The number of nitrogens with zero attached hydrogens (tertiary/aromatic N) is 3. The predicted octanol–water partition coefficient (Wildman–Crippen LogP) is 5.59. The highest BCUT2D eigenvalue weighted by Crippen LogP contribution is 2.29. The molecule has 4 rings (SSSR count). The molecule has 0 saturated carbocycles. The number of piperidine rings is 1. The van der Waals surface area contributed by atoms with Crippen molar-refractivity contribution < 1.29 is 4.74 Å². The monoisotopic (exact) mass is 447 g/mol. The van der Waals surface area contributed by atoms with Crippen LogP contribution < -0.4 is 10.3 Å². The molecule has 1 saturated heterocycles. The van der Waals surface area contributed by atoms with Gasteiger partial charge < -0.3 is 9.64 Å². The van der Waals surface area contributed by atoms with Crippen molar-refractivity contribution >= 4 is 10.9 Å². The Balaban J connectivity index is 1.87. The summed E-state index contributed by atoms with van der Waals surface area (Å²) >= 11 is 0. The molecule has 1 aliphatic heterocycles. The quantitative estimate of drug-likeness (QED) is 0.494. The summed E-state index contributed by atoms with van der Waals surface area (Å²) in [7, 11) is 0. The Morgan fingerprint density at radius 2 is 1.82 bits per heavy atom. The van der Waals surface area contributed by atoms with Crippen LogP contribution in [-0.2, 0) is 6.54 Å². The van der Waals surface area contributed by atoms with Crippen LogP contribution >= 0.6 is 0 Å². The van der Waals surface area contributed by atoms with Crippen LogP contribution in [0, 0.1) is 19.8 Å². The zero-order valence-electron chi connectivity index (χ0n) is 20.9. The molecule has 33 heavy (non-hydrogen) atoms. The maximum atomic E-state index is 13.9. The molecule has 5 heteroatoms. The topological polar surface area (TPSA) is 47.4 Å². The molecule has 2 heterocycles. The second-order valence-corrected chi connectivity index (χ2v) is 10.1. The van der Waals surface area contributed by atoms with Crippen LogP contribution in [0.5, 0.6) is 5.75 Å². The van der Waals surface area contributed by atoms with Gasteiger partial charge in [0.25, 0.3) is 5.56 Å². The van der Waals surface area contributed by atoms with Crippen LogP contribution in [0.25, 0.3) is 22.3 Å². The van der Waals surface area contributed by atoms with E-state index in [9.17, 15) is 4.79 Å². The third-order valence-electron chi connectivity index (χ3n) is 6.72. The molecule has 1 atom stereocenters. The highest BCUT2D eigenvalue weighted by molar-refractivity contribution is 5.82. The SMILES string of the molecule is Cc1cccc(C)c1-c1nc2ccc(OC(C)C)cc2c(=O)n1C[C@H]1CCCN(C(C)C)C1. The van der Waals surface area contributed by atoms with Gasteiger partial charge in [0, 0.05) is 24.7 Å². The predicted molar refractivity (Wildman–Crippen MR) is 136 cm³/mol. The summed E-state index contributed by atoms with van der Waals surface area (Å²) in [6.45, 7) is 15.5. The summed E-state index contributed by atoms with van der Waals surface area (Å²) < 4.78 is 7.81. The van der Waals surface area contributed by atoms with E-state index in [0.717, 1.165) is 47.5 Å². The summed E-state index contributed by atoms with van der Waals surface area (Å²) in [5.74, 6) is 1.92. The summed E-state index contributed by atoms with van der Waals surface area (Å²) in [4.78, 5) is 21.5. The van der Waals surface area contributed by atoms with Crippen LogP contribution in [0.1, 0.15) is 51.7 Å². The Morgan fingerprint density at radius 1 is 1.09 bits per heavy atom. The molecule has 2 aromatic carbocycles. The second kappa shape index (κ2) is 9.68. The molecular formula is C28H37N3O2. The van der Waals surface area contributed by atoms with Gasteiger partial charge in [-0.3, -0.25) is 9.36 Å². The van der Waals surface area contributed by atoms with Crippen molar-refractivity contribution in [2.75, 3.05) is 13.1 Å². The van der Waals surface area contributed by atoms with Crippen LogP contribution in [-0.4, -0.2) is 39.7 Å². The number of benzene rings is 2. The maximum absolute atomic E-state index is 13.9. The molecule has 1 aromatic heterocycles. The Bertz CT molecular complexity index is 1180. The van der Waals surface area contributed by atoms with Gasteiger partial charge in [-0.2, -0.15) is 0 Å². The third kappa shape index (κ3) is 4.98. The number of hydrogen-bond acceptors (Lipinski definition) is 4. The van der Waals surface area contributed by atoms with Crippen molar-refractivity contribution in [3.8, 4) is 17.1 Å². The fraction of sp³-hybridized carbons (Fsp3) is 0.500. The van der Waals surface area contributed by atoms with Crippen molar-refractivity contribution in [1.29, 1.82) is 0 Å². The lowest BCUT2D eigenvalue weighted by molar-refractivity contribution is 0.130. The first-order chi connectivity index (χ1) is 15.7. The van der Waals surface area contributed by atoms with E-state index in [4.69, 9.17) is 9.72 Å². The van der Waals surface area contributed by atoms with Gasteiger partial charge in [-0.25, -0.2) is 4.98 Å². The fourth-order valence-corrected chi connectivity index (χ4v) is 5.05. The van der Waals surface area contributed by atoms with Crippen LogP contribution in [0.3, 0.4) is 0 Å². The van der Waals surface area contributed by atoms with Crippen LogP contribution in [0.15, 0.2) is 41.2 Å². The molecule has 0 aliphatic carbocycles. The van der Waals surface area contributed by atoms with E-state index in [2.05, 4.69) is 50.8 Å². The zero-order valence-corrected chi connectivity index (χ0v) is 20.9. The molecular weight excluding hydrogens is 410 g/mol. The van der Waals surface area contributed by atoms with E-state index < -0.39 is 0 Å². The van der Waals surface area contributed by atoms with Gasteiger partial charge in [0.1, 0.15) is 11.6 Å². The number of aromatic nitrogens is 2. The second-order valence-electron chi connectivity index (χ2n) is 10.1. The van der Waals surface area contributed by atoms with Crippen molar-refractivity contribution in [1.82, 2.24) is 14.5 Å². The van der Waals surface area contributed by atoms with Crippen molar-refractivity contribution in [3.63, 3.8) is 0 Å². The van der Waals surface area contributed by atoms with Crippen molar-refractivity contribution in [2.24, 2.45) is 5.92 Å². The average Bonchev–Trinajstić information content (AvgIpc) is 2.76. The lowest BCUT2D eigenvalue weighted by Crippen LogP contribution is -2.42. The van der Waals surface area contributed by atoms with E-state index in [1.807, 2.05) is 36.6 Å². The number of fused-ring (bicyclic) bond motifs is 1. The first-order valence-corrected chi connectivity index (χ1v) is 12.3. The van der Waals surface area contributed by atoms with Gasteiger partial charge in [0.15, 0.2) is 0 Å². The molecule has 0 N–H and O–H groups in total. The Labute approximate surface area is 197 Å². The molecule has 176 valence electrons. The number of likely N-dealkylation sites (tertiary alicyclic amines) is 1. The zero-order chi connectivity index (χ0) is 23.7. The molecule has 0 radical (unpaired) electrons. The first-order valence-electron chi connectivity index (χ1n) is 12.3. The average molecular weight is 448 g/mol. The molecule has 1 aliphatic rings. The number of ether oxygens (including phenoxy) is 1. The molecule has 0 amide bonds. The van der Waals surface area contributed by atoms with Crippen LogP contribution in [0.4, 0.5) is 0 Å². The van der Waals surface area contributed by atoms with E-state index >= 15 is 0 Å². The lowest BCUT2D eigenvalue weighted by Gasteiger charge is -2.36. The number of rotatable bonds is 6. The van der Waals surface area contributed by atoms with Gasteiger partial charge >= 0.3 is 0 Å². The Morgan fingerprint density at radius 3 is 2.48 bits per heavy atom. The standard InChI is InChI=1S/C28H37N3O2/c1-18(2)30-14-8-11-22(16-30)17-31-27(26-20(5)9-7-10-21(26)6)29-25-13-12-23(33-19(3)4)15-24(25)28(31)32/h7,9-10,12-13,15,18-19,22H,8,11,14,16-17H2,1-6H3/t22-/m0/s1. The van der Waals surface area contributed by atoms with Crippen molar-refractivity contribution in [2.45, 2.75) is 73.1 Å². The van der Waals surface area contributed by atoms with Gasteiger partial charge in [-0.15, -0.1) is 0 Å². The minimum Gasteiger partial charge on any atom is -0.491 e. The fourth-order valence-electron chi connectivity index (χ4n) is 5.05. The third-order valence-corrected chi connectivity index (χ3v) is 6.72. The van der Waals surface area contributed by atoms with Gasteiger partial charge in [-0.05, 0) is 96.2 Å². The normalized spacial score (nSPS) is 17.3. The Kier molecular flexibility index (Phi) is 6.89. The van der Waals surface area contributed by atoms with Crippen molar-refractivity contribution in [3.05, 3.63) is 57.9 Å². The first kappa shape index (κ1) is 23.5. The highest BCUT2D eigenvalue weighted by Gasteiger charge is 2.25.